The smallest absolute Gasteiger partial charge is 0.255 e. The van der Waals surface area contributed by atoms with Gasteiger partial charge >= 0.3 is 0 Å². The van der Waals surface area contributed by atoms with E-state index < -0.39 is 11.9 Å². The molecule has 8 nitrogen and oxygen atoms in total. The first-order valence-electron chi connectivity index (χ1n) is 8.54. The van der Waals surface area contributed by atoms with Crippen LogP contribution in [0.3, 0.4) is 0 Å². The Labute approximate surface area is 160 Å². The van der Waals surface area contributed by atoms with Crippen molar-refractivity contribution in [1.82, 2.24) is 20.2 Å². The average Bonchev–Trinajstić information content (AvgIpc) is 3.16. The number of tetrazole rings is 1. The van der Waals surface area contributed by atoms with E-state index in [1.807, 2.05) is 0 Å². The van der Waals surface area contributed by atoms with Crippen LogP contribution in [0, 0.1) is 5.82 Å². The number of hydrogen-bond acceptors (Lipinski definition) is 6. The Kier molecular flexibility index (Phi) is 4.48. The van der Waals surface area contributed by atoms with Gasteiger partial charge in [0.25, 0.3) is 5.91 Å². The molecule has 0 spiro atoms. The number of benzene rings is 2. The largest absolute Gasteiger partial charge is 0.497 e. The number of hydrogen-bond donors (Lipinski definition) is 2. The van der Waals surface area contributed by atoms with Crippen molar-refractivity contribution in [3.05, 3.63) is 71.2 Å². The molecule has 0 saturated carbocycles. The van der Waals surface area contributed by atoms with Gasteiger partial charge in [-0.2, -0.15) is 4.68 Å². The summed E-state index contributed by atoms with van der Waals surface area (Å²) in [5.74, 6) is 0.185. The standard InChI is InChI=1S/C19H17FN6O2/c1-11-16(18(27)22-12-7-9-13(28-2)10-8-12)17(14-5-3-4-6-15(14)20)26-19(21-11)23-24-25-26/h3-10,17H,1-2H3,(H,22,27)(H,21,23,25)/t17-/m1/s1. The van der Waals surface area contributed by atoms with Gasteiger partial charge in [-0.25, -0.2) is 4.39 Å². The fourth-order valence-corrected chi connectivity index (χ4v) is 3.16. The van der Waals surface area contributed by atoms with Crippen molar-refractivity contribution in [1.29, 1.82) is 0 Å². The summed E-state index contributed by atoms with van der Waals surface area (Å²) in [4.78, 5) is 13.1. The second kappa shape index (κ2) is 7.10. The number of nitrogens with one attached hydrogen (secondary N) is 2. The zero-order valence-electron chi connectivity index (χ0n) is 15.2. The van der Waals surface area contributed by atoms with Gasteiger partial charge in [0.15, 0.2) is 0 Å². The van der Waals surface area contributed by atoms with E-state index in [9.17, 15) is 9.18 Å². The Morgan fingerprint density at radius 1 is 1.21 bits per heavy atom. The van der Waals surface area contributed by atoms with Crippen LogP contribution < -0.4 is 15.4 Å². The topological polar surface area (TPSA) is 94.0 Å². The number of anilines is 2. The molecule has 0 saturated heterocycles. The molecule has 1 aromatic heterocycles. The summed E-state index contributed by atoms with van der Waals surface area (Å²) in [6.07, 6.45) is 0. The maximum Gasteiger partial charge on any atom is 0.255 e. The molecule has 0 aliphatic carbocycles. The maximum absolute atomic E-state index is 14.6. The van der Waals surface area contributed by atoms with Crippen LogP contribution in [0.2, 0.25) is 0 Å². The Hall–Kier alpha value is -3.75. The van der Waals surface area contributed by atoms with E-state index in [4.69, 9.17) is 4.74 Å². The second-order valence-corrected chi connectivity index (χ2v) is 6.22. The van der Waals surface area contributed by atoms with E-state index in [0.717, 1.165) is 0 Å². The van der Waals surface area contributed by atoms with E-state index in [-0.39, 0.29) is 5.91 Å². The first-order chi connectivity index (χ1) is 13.6. The quantitative estimate of drug-likeness (QED) is 0.723. The molecule has 2 aromatic carbocycles. The minimum atomic E-state index is -0.800. The number of allylic oxidation sites excluding steroid dienone is 1. The lowest BCUT2D eigenvalue weighted by atomic mass is 9.94. The average molecular weight is 380 g/mol. The van der Waals surface area contributed by atoms with Crippen LogP contribution in [-0.4, -0.2) is 33.2 Å². The number of methoxy groups -OCH3 is 1. The fraction of sp³-hybridized carbons (Fsp3) is 0.158. The number of nitrogens with zero attached hydrogens (tertiary/aromatic N) is 4. The molecule has 1 aliphatic heterocycles. The monoisotopic (exact) mass is 380 g/mol. The normalized spacial score (nSPS) is 15.6. The summed E-state index contributed by atoms with van der Waals surface area (Å²) in [5, 5.41) is 17.3. The highest BCUT2D eigenvalue weighted by Gasteiger charge is 2.35. The predicted molar refractivity (Wildman–Crippen MR) is 100 cm³/mol. The molecule has 3 aromatic rings. The summed E-state index contributed by atoms with van der Waals surface area (Å²) in [7, 11) is 1.57. The molecule has 142 valence electrons. The van der Waals surface area contributed by atoms with Gasteiger partial charge in [-0.05, 0) is 47.7 Å². The number of rotatable bonds is 4. The van der Waals surface area contributed by atoms with Crippen molar-refractivity contribution in [2.24, 2.45) is 0 Å². The van der Waals surface area contributed by atoms with Crippen LogP contribution >= 0.6 is 0 Å². The number of carbonyl (C=O) groups is 1. The molecule has 2 N–H and O–H groups in total. The van der Waals surface area contributed by atoms with Crippen molar-refractivity contribution in [3.8, 4) is 5.75 Å². The number of amides is 1. The summed E-state index contributed by atoms with van der Waals surface area (Å²) in [6.45, 7) is 1.73. The molecule has 0 fully saturated rings. The van der Waals surface area contributed by atoms with Crippen LogP contribution in [-0.2, 0) is 4.79 Å². The van der Waals surface area contributed by atoms with Gasteiger partial charge in [0, 0.05) is 16.9 Å². The molecule has 1 aliphatic rings. The highest BCUT2D eigenvalue weighted by atomic mass is 19.1. The van der Waals surface area contributed by atoms with E-state index >= 15 is 0 Å². The first kappa shape index (κ1) is 17.7. The summed E-state index contributed by atoms with van der Waals surface area (Å²) in [6, 6.07) is 12.4. The third-order valence-corrected chi connectivity index (χ3v) is 4.51. The van der Waals surface area contributed by atoms with E-state index in [1.165, 1.54) is 10.7 Å². The van der Waals surface area contributed by atoms with Crippen LogP contribution in [0.4, 0.5) is 16.0 Å². The molecular weight excluding hydrogens is 363 g/mol. The van der Waals surface area contributed by atoms with Crippen molar-refractivity contribution in [2.75, 3.05) is 17.7 Å². The molecule has 0 radical (unpaired) electrons. The highest BCUT2D eigenvalue weighted by molar-refractivity contribution is 6.06. The van der Waals surface area contributed by atoms with E-state index in [1.54, 1.807) is 56.5 Å². The van der Waals surface area contributed by atoms with Gasteiger partial charge in [0.1, 0.15) is 17.6 Å². The summed E-state index contributed by atoms with van der Waals surface area (Å²) < 4.78 is 21.1. The molecule has 2 heterocycles. The van der Waals surface area contributed by atoms with Crippen LogP contribution in [0.5, 0.6) is 5.75 Å². The van der Waals surface area contributed by atoms with Crippen LogP contribution in [0.1, 0.15) is 18.5 Å². The van der Waals surface area contributed by atoms with Gasteiger partial charge in [0.2, 0.25) is 5.95 Å². The Balaban J connectivity index is 1.74. The maximum atomic E-state index is 14.6. The zero-order valence-corrected chi connectivity index (χ0v) is 15.2. The van der Waals surface area contributed by atoms with E-state index in [0.29, 0.717) is 34.2 Å². The molecule has 1 amide bonds. The first-order valence-corrected chi connectivity index (χ1v) is 8.54. The zero-order chi connectivity index (χ0) is 19.7. The molecule has 1 atom stereocenters. The van der Waals surface area contributed by atoms with Crippen LogP contribution in [0.15, 0.2) is 59.8 Å². The Morgan fingerprint density at radius 2 is 1.96 bits per heavy atom. The van der Waals surface area contributed by atoms with Gasteiger partial charge in [-0.1, -0.05) is 23.3 Å². The fourth-order valence-electron chi connectivity index (χ4n) is 3.16. The lowest BCUT2D eigenvalue weighted by Crippen LogP contribution is -2.32. The number of fused-ring (bicyclic) bond motifs is 1. The highest BCUT2D eigenvalue weighted by Crippen LogP contribution is 2.35. The summed E-state index contributed by atoms with van der Waals surface area (Å²) in [5.41, 5.74) is 1.75. The number of carbonyl (C=O) groups excluding carboxylic acids is 1. The molecular formula is C19H17FN6O2. The number of ether oxygens (including phenoxy) is 1. The Bertz CT molecular complexity index is 1060. The molecule has 4 rings (SSSR count). The Morgan fingerprint density at radius 3 is 2.68 bits per heavy atom. The second-order valence-electron chi connectivity index (χ2n) is 6.22. The van der Waals surface area contributed by atoms with E-state index in [2.05, 4.69) is 26.2 Å². The molecule has 0 unspecified atom stereocenters. The van der Waals surface area contributed by atoms with Crippen LogP contribution in [0.25, 0.3) is 0 Å². The lowest BCUT2D eigenvalue weighted by Gasteiger charge is -2.28. The van der Waals surface area contributed by atoms with Gasteiger partial charge in [-0.3, -0.25) is 4.79 Å². The van der Waals surface area contributed by atoms with Gasteiger partial charge in [-0.15, -0.1) is 0 Å². The number of aromatic nitrogens is 4. The predicted octanol–water partition coefficient (Wildman–Crippen LogP) is 2.75. The third kappa shape index (κ3) is 3.07. The number of halogens is 1. The third-order valence-electron chi connectivity index (χ3n) is 4.51. The van der Waals surface area contributed by atoms with Crippen molar-refractivity contribution >= 4 is 17.5 Å². The summed E-state index contributed by atoms with van der Waals surface area (Å²) >= 11 is 0. The SMILES string of the molecule is COc1ccc(NC(=O)C2=C(C)Nc3nnnn3[C@@H]2c2ccccc2F)cc1. The molecule has 9 heteroatoms. The van der Waals surface area contributed by atoms with Gasteiger partial charge in [0.05, 0.1) is 12.7 Å². The molecule has 0 bridgehead atoms. The molecule has 28 heavy (non-hydrogen) atoms. The van der Waals surface area contributed by atoms with Crippen molar-refractivity contribution < 1.29 is 13.9 Å². The van der Waals surface area contributed by atoms with Crippen molar-refractivity contribution in [2.45, 2.75) is 13.0 Å². The van der Waals surface area contributed by atoms with Crippen molar-refractivity contribution in [3.63, 3.8) is 0 Å². The minimum Gasteiger partial charge on any atom is -0.497 e. The minimum absolute atomic E-state index is 0.303. The lowest BCUT2D eigenvalue weighted by molar-refractivity contribution is -0.113. The van der Waals surface area contributed by atoms with Gasteiger partial charge < -0.3 is 15.4 Å².